The number of rotatable bonds is 4. The number of ketones is 1. The van der Waals surface area contributed by atoms with Crippen molar-refractivity contribution in [1.82, 2.24) is 5.16 Å². The van der Waals surface area contributed by atoms with E-state index in [9.17, 15) is 19.1 Å². The van der Waals surface area contributed by atoms with Crippen LogP contribution in [0.5, 0.6) is 0 Å². The fourth-order valence-electron chi connectivity index (χ4n) is 3.22. The van der Waals surface area contributed by atoms with Gasteiger partial charge in [-0.2, -0.15) is 0 Å². The minimum absolute atomic E-state index is 0.0344. The normalized spacial score (nSPS) is 16.9. The van der Waals surface area contributed by atoms with Gasteiger partial charge in [0.15, 0.2) is 17.3 Å². The molecule has 1 aromatic carbocycles. The highest BCUT2D eigenvalue weighted by Gasteiger charge is 2.47. The van der Waals surface area contributed by atoms with Gasteiger partial charge in [0.2, 0.25) is 5.78 Å². The molecule has 0 fully saturated rings. The van der Waals surface area contributed by atoms with E-state index >= 15 is 0 Å². The summed E-state index contributed by atoms with van der Waals surface area (Å²) in [5, 5.41) is 14.3. The van der Waals surface area contributed by atoms with Gasteiger partial charge in [0.05, 0.1) is 11.6 Å². The predicted octanol–water partition coefficient (Wildman–Crippen LogP) is 3.81. The van der Waals surface area contributed by atoms with Crippen molar-refractivity contribution in [3.05, 3.63) is 82.5 Å². The maximum absolute atomic E-state index is 14.6. The van der Waals surface area contributed by atoms with E-state index in [0.29, 0.717) is 11.5 Å². The Labute approximate surface area is 158 Å². The number of aliphatic hydroxyl groups is 1. The topological polar surface area (TPSA) is 96.8 Å². The quantitative estimate of drug-likeness (QED) is 0.690. The number of amides is 1. The first kappa shape index (κ1) is 17.7. The smallest absolute Gasteiger partial charge is 0.295 e. The summed E-state index contributed by atoms with van der Waals surface area (Å²) >= 11 is 0. The van der Waals surface area contributed by atoms with Crippen molar-refractivity contribution in [2.75, 3.05) is 4.90 Å². The first-order valence-corrected chi connectivity index (χ1v) is 8.44. The summed E-state index contributed by atoms with van der Waals surface area (Å²) in [6, 6.07) is 8.96. The molecule has 1 amide bonds. The van der Waals surface area contributed by atoms with Crippen LogP contribution in [0.3, 0.4) is 0 Å². The Bertz CT molecular complexity index is 1130. The first-order valence-electron chi connectivity index (χ1n) is 8.44. The molecule has 8 heteroatoms. The van der Waals surface area contributed by atoms with E-state index in [2.05, 4.69) is 5.16 Å². The van der Waals surface area contributed by atoms with Gasteiger partial charge in [0.25, 0.3) is 5.91 Å². The van der Waals surface area contributed by atoms with Gasteiger partial charge < -0.3 is 14.0 Å². The summed E-state index contributed by atoms with van der Waals surface area (Å²) in [6.07, 6.45) is 0. The lowest BCUT2D eigenvalue weighted by Crippen LogP contribution is -2.31. The minimum atomic E-state index is -1.23. The van der Waals surface area contributed by atoms with Crippen LogP contribution in [-0.2, 0) is 4.79 Å². The maximum atomic E-state index is 14.6. The molecule has 0 aliphatic carbocycles. The number of carbonyl (C=O) groups is 2. The third-order valence-corrected chi connectivity index (χ3v) is 4.48. The SMILES string of the molecule is Cc1cc(N2C(=O)C(O)=C(C(=O)c3ccc(C)o3)[C@@H]2c2ccccc2F)no1. The molecule has 3 aromatic rings. The molecule has 4 rings (SSSR count). The molecule has 1 N–H and O–H groups in total. The zero-order chi connectivity index (χ0) is 20.0. The highest BCUT2D eigenvalue weighted by atomic mass is 19.1. The second-order valence-corrected chi connectivity index (χ2v) is 6.40. The van der Waals surface area contributed by atoms with E-state index in [-0.39, 0.29) is 22.7 Å². The molecule has 0 radical (unpaired) electrons. The van der Waals surface area contributed by atoms with Crippen LogP contribution in [0.15, 0.2) is 62.7 Å². The molecule has 3 heterocycles. The Morgan fingerprint density at radius 3 is 2.54 bits per heavy atom. The average molecular weight is 382 g/mol. The molecule has 1 aliphatic rings. The lowest BCUT2D eigenvalue weighted by Gasteiger charge is -2.24. The number of aliphatic hydroxyl groups excluding tert-OH is 1. The van der Waals surface area contributed by atoms with Crippen LogP contribution in [0, 0.1) is 19.7 Å². The summed E-state index contributed by atoms with van der Waals surface area (Å²) in [5.74, 6) is -2.13. The number of hydrogen-bond donors (Lipinski definition) is 1. The number of anilines is 1. The standard InChI is InChI=1S/C20H15FN2O5/c1-10-7-8-14(27-10)18(24)16-17(12-5-3-4-6-13(12)21)23(20(26)19(16)25)15-9-11(2)28-22-15/h3-9,17,25H,1-2H3/t17-/m0/s1. The zero-order valence-electron chi connectivity index (χ0n) is 15.0. The number of nitrogens with zero attached hydrogens (tertiary/aromatic N) is 2. The molecule has 1 atom stereocenters. The molecular formula is C20H15FN2O5. The minimum Gasteiger partial charge on any atom is -0.503 e. The van der Waals surface area contributed by atoms with Gasteiger partial charge in [-0.05, 0) is 32.0 Å². The Hall–Kier alpha value is -3.68. The second kappa shape index (κ2) is 6.49. The number of hydrogen-bond acceptors (Lipinski definition) is 6. The molecule has 0 bridgehead atoms. The zero-order valence-corrected chi connectivity index (χ0v) is 15.0. The molecule has 28 heavy (non-hydrogen) atoms. The Kier molecular flexibility index (Phi) is 4.11. The largest absolute Gasteiger partial charge is 0.503 e. The number of aromatic nitrogens is 1. The third-order valence-electron chi connectivity index (χ3n) is 4.48. The molecule has 0 saturated heterocycles. The van der Waals surface area contributed by atoms with Crippen molar-refractivity contribution in [3.8, 4) is 0 Å². The van der Waals surface area contributed by atoms with Gasteiger partial charge in [0, 0.05) is 11.6 Å². The van der Waals surface area contributed by atoms with E-state index in [1.165, 1.54) is 30.3 Å². The van der Waals surface area contributed by atoms with E-state index in [1.54, 1.807) is 26.0 Å². The van der Waals surface area contributed by atoms with Gasteiger partial charge >= 0.3 is 0 Å². The Morgan fingerprint density at radius 1 is 1.18 bits per heavy atom. The van der Waals surface area contributed by atoms with E-state index in [1.807, 2.05) is 0 Å². The van der Waals surface area contributed by atoms with Crippen molar-refractivity contribution in [2.24, 2.45) is 0 Å². The lowest BCUT2D eigenvalue weighted by atomic mass is 9.94. The van der Waals surface area contributed by atoms with Crippen molar-refractivity contribution in [1.29, 1.82) is 0 Å². The van der Waals surface area contributed by atoms with Crippen molar-refractivity contribution < 1.29 is 28.0 Å². The molecule has 7 nitrogen and oxygen atoms in total. The number of aryl methyl sites for hydroxylation is 2. The Morgan fingerprint density at radius 2 is 1.93 bits per heavy atom. The van der Waals surface area contributed by atoms with Crippen LogP contribution in [0.25, 0.3) is 0 Å². The van der Waals surface area contributed by atoms with Crippen LogP contribution < -0.4 is 4.90 Å². The monoisotopic (exact) mass is 382 g/mol. The number of carbonyl (C=O) groups excluding carboxylic acids is 2. The molecule has 2 aromatic heterocycles. The van der Waals surface area contributed by atoms with Crippen molar-refractivity contribution in [3.63, 3.8) is 0 Å². The van der Waals surface area contributed by atoms with Gasteiger partial charge in [-0.3, -0.25) is 14.5 Å². The highest BCUT2D eigenvalue weighted by molar-refractivity contribution is 6.19. The number of furan rings is 1. The second-order valence-electron chi connectivity index (χ2n) is 6.40. The van der Waals surface area contributed by atoms with E-state index in [4.69, 9.17) is 8.94 Å². The fourth-order valence-corrected chi connectivity index (χ4v) is 3.22. The van der Waals surface area contributed by atoms with Crippen LogP contribution >= 0.6 is 0 Å². The van der Waals surface area contributed by atoms with Crippen LogP contribution in [-0.4, -0.2) is 22.0 Å². The fraction of sp³-hybridized carbons (Fsp3) is 0.150. The molecular weight excluding hydrogens is 367 g/mol. The number of halogens is 1. The molecule has 1 aliphatic heterocycles. The predicted molar refractivity (Wildman–Crippen MR) is 95.3 cm³/mol. The molecule has 0 unspecified atom stereocenters. The van der Waals surface area contributed by atoms with Gasteiger partial charge in [-0.1, -0.05) is 23.4 Å². The number of Topliss-reactive ketones (excluding diaryl/α,β-unsaturated/α-hetero) is 1. The van der Waals surface area contributed by atoms with E-state index in [0.717, 1.165) is 4.90 Å². The van der Waals surface area contributed by atoms with Crippen LogP contribution in [0.2, 0.25) is 0 Å². The summed E-state index contributed by atoms with van der Waals surface area (Å²) in [4.78, 5) is 26.9. The van der Waals surface area contributed by atoms with Crippen molar-refractivity contribution >= 4 is 17.5 Å². The van der Waals surface area contributed by atoms with Gasteiger partial charge in [-0.15, -0.1) is 0 Å². The molecule has 0 saturated carbocycles. The first-order chi connectivity index (χ1) is 13.4. The van der Waals surface area contributed by atoms with Crippen molar-refractivity contribution in [2.45, 2.75) is 19.9 Å². The average Bonchev–Trinajstić information content (AvgIpc) is 3.35. The van der Waals surface area contributed by atoms with E-state index < -0.39 is 29.3 Å². The molecule has 0 spiro atoms. The summed E-state index contributed by atoms with van der Waals surface area (Å²) in [5.41, 5.74) is -0.253. The summed E-state index contributed by atoms with van der Waals surface area (Å²) < 4.78 is 25.0. The number of benzene rings is 1. The molecule has 142 valence electrons. The highest BCUT2D eigenvalue weighted by Crippen LogP contribution is 2.42. The summed E-state index contributed by atoms with van der Waals surface area (Å²) in [7, 11) is 0. The summed E-state index contributed by atoms with van der Waals surface area (Å²) in [6.45, 7) is 3.28. The van der Waals surface area contributed by atoms with Gasteiger partial charge in [0.1, 0.15) is 17.3 Å². The maximum Gasteiger partial charge on any atom is 0.295 e. The van der Waals surface area contributed by atoms with Crippen LogP contribution in [0.4, 0.5) is 10.2 Å². The Balaban J connectivity index is 1.90. The lowest BCUT2D eigenvalue weighted by molar-refractivity contribution is -0.117. The van der Waals surface area contributed by atoms with Crippen LogP contribution in [0.1, 0.15) is 33.7 Å². The third kappa shape index (κ3) is 2.70. The van der Waals surface area contributed by atoms with Gasteiger partial charge in [-0.25, -0.2) is 4.39 Å².